The van der Waals surface area contributed by atoms with Gasteiger partial charge in [0.2, 0.25) is 5.91 Å². The van der Waals surface area contributed by atoms with Crippen molar-refractivity contribution in [2.75, 3.05) is 6.61 Å². The van der Waals surface area contributed by atoms with Crippen LogP contribution in [0.5, 0.6) is 0 Å². The number of carbonyl (C=O) groups is 1. The summed E-state index contributed by atoms with van der Waals surface area (Å²) >= 11 is 0. The summed E-state index contributed by atoms with van der Waals surface area (Å²) in [7, 11) is 0. The number of aliphatic hydroxyl groups excluding tert-OH is 2. The molecule has 0 aliphatic heterocycles. The Hall–Kier alpha value is -1.65. The number of unbranched alkanes of at least 4 members (excludes halogenated alkanes) is 48. The normalized spacial score (nSPS) is 13.0. The predicted octanol–water partition coefficient (Wildman–Crippen LogP) is 22.2. The average Bonchev–Trinajstić information content (AvgIpc) is 3.39. The van der Waals surface area contributed by atoms with Crippen molar-refractivity contribution < 1.29 is 15.0 Å². The van der Waals surface area contributed by atoms with Crippen molar-refractivity contribution in [2.45, 2.75) is 373 Å². The molecule has 0 aliphatic rings. The summed E-state index contributed by atoms with van der Waals surface area (Å²) < 4.78 is 0. The Labute approximate surface area is 452 Å². The minimum absolute atomic E-state index is 0.0571. The van der Waals surface area contributed by atoms with Crippen LogP contribution in [0.1, 0.15) is 361 Å². The summed E-state index contributed by atoms with van der Waals surface area (Å²) in [6.45, 7) is 4.33. The van der Waals surface area contributed by atoms with Crippen LogP contribution in [0, 0.1) is 0 Å². The minimum Gasteiger partial charge on any atom is -0.394 e. The highest BCUT2D eigenvalue weighted by atomic mass is 16.3. The topological polar surface area (TPSA) is 69.6 Å². The summed E-state index contributed by atoms with van der Waals surface area (Å²) in [5.74, 6) is -0.0571. The Morgan fingerprint density at radius 1 is 0.333 bits per heavy atom. The molecule has 0 rings (SSSR count). The van der Waals surface area contributed by atoms with Crippen LogP contribution >= 0.6 is 0 Å². The molecule has 0 saturated heterocycles. The predicted molar refractivity (Wildman–Crippen MR) is 322 cm³/mol. The van der Waals surface area contributed by atoms with E-state index >= 15 is 0 Å². The molecule has 2 atom stereocenters. The van der Waals surface area contributed by atoms with Gasteiger partial charge in [-0.15, -0.1) is 0 Å². The van der Waals surface area contributed by atoms with Gasteiger partial charge in [-0.1, -0.05) is 345 Å². The number of hydrogen-bond acceptors (Lipinski definition) is 3. The molecular formula is C68H129NO3. The Morgan fingerprint density at radius 3 is 0.847 bits per heavy atom. The third-order valence-corrected chi connectivity index (χ3v) is 15.3. The van der Waals surface area contributed by atoms with E-state index in [1.165, 1.54) is 302 Å². The highest BCUT2D eigenvalue weighted by molar-refractivity contribution is 5.76. The first-order chi connectivity index (χ1) is 35.7. The van der Waals surface area contributed by atoms with Gasteiger partial charge < -0.3 is 15.5 Å². The largest absolute Gasteiger partial charge is 0.394 e. The summed E-state index contributed by atoms with van der Waals surface area (Å²) in [6, 6.07) is -0.622. The molecule has 0 heterocycles. The van der Waals surface area contributed by atoms with Gasteiger partial charge in [0.15, 0.2) is 0 Å². The fraction of sp³-hybridized carbons (Fsp3) is 0.868. The minimum atomic E-state index is -0.839. The first-order valence-corrected chi connectivity index (χ1v) is 32.9. The zero-order valence-electron chi connectivity index (χ0n) is 49.0. The molecule has 0 aromatic rings. The lowest BCUT2D eigenvalue weighted by Gasteiger charge is -2.20. The number of allylic oxidation sites excluding steroid dienone is 7. The maximum absolute atomic E-state index is 12.5. The van der Waals surface area contributed by atoms with Crippen molar-refractivity contribution in [3.63, 3.8) is 0 Å². The molecule has 2 unspecified atom stereocenters. The number of rotatable bonds is 61. The van der Waals surface area contributed by atoms with E-state index < -0.39 is 12.1 Å². The number of hydrogen-bond donors (Lipinski definition) is 3. The van der Waals surface area contributed by atoms with E-state index in [1.54, 1.807) is 6.08 Å². The van der Waals surface area contributed by atoms with Crippen LogP contribution in [0.3, 0.4) is 0 Å². The molecule has 424 valence electrons. The Bertz CT molecular complexity index is 1140. The Morgan fingerprint density at radius 2 is 0.569 bits per heavy atom. The van der Waals surface area contributed by atoms with E-state index in [9.17, 15) is 15.0 Å². The van der Waals surface area contributed by atoms with Crippen molar-refractivity contribution in [1.82, 2.24) is 5.32 Å². The molecule has 0 aromatic carbocycles. The van der Waals surface area contributed by atoms with Crippen LogP contribution in [0.25, 0.3) is 0 Å². The van der Waals surface area contributed by atoms with E-state index in [0.717, 1.165) is 38.5 Å². The van der Waals surface area contributed by atoms with Crippen molar-refractivity contribution in [3.05, 3.63) is 48.6 Å². The zero-order chi connectivity index (χ0) is 52.0. The lowest BCUT2D eigenvalue weighted by Crippen LogP contribution is -2.45. The van der Waals surface area contributed by atoms with Gasteiger partial charge in [0.1, 0.15) is 0 Å². The molecule has 1 amide bonds. The second-order valence-electron chi connectivity index (χ2n) is 22.5. The smallest absolute Gasteiger partial charge is 0.220 e. The third-order valence-electron chi connectivity index (χ3n) is 15.3. The van der Waals surface area contributed by atoms with Gasteiger partial charge in [0.05, 0.1) is 18.8 Å². The molecule has 0 radical (unpaired) electrons. The maximum Gasteiger partial charge on any atom is 0.220 e. The third kappa shape index (κ3) is 59.2. The van der Waals surface area contributed by atoms with Gasteiger partial charge in [0, 0.05) is 6.42 Å². The number of amides is 1. The van der Waals surface area contributed by atoms with Gasteiger partial charge in [-0.05, 0) is 57.8 Å². The van der Waals surface area contributed by atoms with Gasteiger partial charge in [-0.3, -0.25) is 4.79 Å². The fourth-order valence-corrected chi connectivity index (χ4v) is 10.3. The number of carbonyl (C=O) groups excluding carboxylic acids is 1. The molecule has 0 saturated carbocycles. The monoisotopic (exact) mass is 1010 g/mol. The number of nitrogens with one attached hydrogen (secondary N) is 1. The fourth-order valence-electron chi connectivity index (χ4n) is 10.3. The molecule has 4 heteroatoms. The van der Waals surface area contributed by atoms with E-state index in [2.05, 4.69) is 55.6 Å². The first-order valence-electron chi connectivity index (χ1n) is 32.9. The molecule has 3 N–H and O–H groups in total. The lowest BCUT2D eigenvalue weighted by molar-refractivity contribution is -0.123. The van der Waals surface area contributed by atoms with Crippen LogP contribution in [-0.2, 0) is 4.79 Å². The number of aliphatic hydroxyl groups is 2. The van der Waals surface area contributed by atoms with Crippen molar-refractivity contribution in [3.8, 4) is 0 Å². The highest BCUT2D eigenvalue weighted by Crippen LogP contribution is 2.18. The lowest BCUT2D eigenvalue weighted by atomic mass is 10.0. The van der Waals surface area contributed by atoms with Crippen molar-refractivity contribution >= 4 is 5.91 Å². The van der Waals surface area contributed by atoms with E-state index in [-0.39, 0.29) is 12.5 Å². The van der Waals surface area contributed by atoms with Gasteiger partial charge in [-0.2, -0.15) is 0 Å². The van der Waals surface area contributed by atoms with E-state index in [0.29, 0.717) is 6.42 Å². The summed E-state index contributed by atoms with van der Waals surface area (Å²) in [5, 5.41) is 23.3. The molecule has 0 fully saturated rings. The van der Waals surface area contributed by atoms with Gasteiger partial charge in [0.25, 0.3) is 0 Å². The van der Waals surface area contributed by atoms with E-state index in [1.807, 2.05) is 6.08 Å². The molecule has 0 aliphatic carbocycles. The standard InChI is InChI=1S/C68H129NO3/c1-3-5-7-9-11-13-15-17-19-21-23-25-27-28-29-30-31-32-33-34-35-36-37-38-39-40-42-44-46-48-50-52-54-56-58-60-62-64-68(72)69-66(65-70)67(71)63-61-59-57-55-53-51-49-47-45-43-41-26-24-22-20-18-16-14-12-10-8-6-4-2/h15,17,21,23,27-28,61,63,66-67,70-71H,3-14,16,18-20,22,24-26,29-60,62,64-65H2,1-2H3,(H,69,72)/b17-15-,23-21-,28-27-,63-61+. The second-order valence-corrected chi connectivity index (χ2v) is 22.5. The van der Waals surface area contributed by atoms with Crippen LogP contribution < -0.4 is 5.32 Å². The Balaban J connectivity index is 3.43. The van der Waals surface area contributed by atoms with Gasteiger partial charge in [-0.25, -0.2) is 0 Å². The zero-order valence-corrected chi connectivity index (χ0v) is 49.0. The van der Waals surface area contributed by atoms with Crippen LogP contribution in [0.2, 0.25) is 0 Å². The van der Waals surface area contributed by atoms with Crippen molar-refractivity contribution in [1.29, 1.82) is 0 Å². The summed E-state index contributed by atoms with van der Waals surface area (Å²) in [6.07, 6.45) is 88.9. The molecule has 0 aromatic heterocycles. The van der Waals surface area contributed by atoms with Crippen LogP contribution in [0.15, 0.2) is 48.6 Å². The molecule has 0 bridgehead atoms. The molecular weight excluding hydrogens is 879 g/mol. The summed E-state index contributed by atoms with van der Waals surface area (Å²) in [4.78, 5) is 12.5. The van der Waals surface area contributed by atoms with E-state index in [4.69, 9.17) is 0 Å². The van der Waals surface area contributed by atoms with Gasteiger partial charge >= 0.3 is 0 Å². The Kier molecular flexibility index (Phi) is 62.2. The molecule has 0 spiro atoms. The highest BCUT2D eigenvalue weighted by Gasteiger charge is 2.18. The average molecular weight is 1010 g/mol. The van der Waals surface area contributed by atoms with Crippen LogP contribution in [0.4, 0.5) is 0 Å². The quantitative estimate of drug-likeness (QED) is 0.0420. The second kappa shape index (κ2) is 63.6. The summed E-state index contributed by atoms with van der Waals surface area (Å²) in [5.41, 5.74) is 0. The maximum atomic E-state index is 12.5. The van der Waals surface area contributed by atoms with Crippen molar-refractivity contribution in [2.24, 2.45) is 0 Å². The molecule has 4 nitrogen and oxygen atoms in total. The SMILES string of the molecule is CCCCCCC/C=C\C/C=C\C/C=C\CCCCCCCCCCCCCCCCCCCCCCCCC(=O)NC(CO)C(O)/C=C/CCCCCCCCCCCCCCCCCCCCCCC. The van der Waals surface area contributed by atoms with Crippen LogP contribution in [-0.4, -0.2) is 34.9 Å². The first kappa shape index (κ1) is 70.3. The molecule has 72 heavy (non-hydrogen) atoms.